The van der Waals surface area contributed by atoms with E-state index in [1.165, 1.54) is 0 Å². The van der Waals surface area contributed by atoms with E-state index >= 15 is 0 Å². The van der Waals surface area contributed by atoms with Crippen molar-refractivity contribution in [3.63, 3.8) is 0 Å². The van der Waals surface area contributed by atoms with Crippen LogP contribution >= 0.6 is 0 Å². The van der Waals surface area contributed by atoms with Crippen LogP contribution in [0.3, 0.4) is 0 Å². The molecule has 8 heteroatoms. The Hall–Kier alpha value is -1.99. The van der Waals surface area contributed by atoms with Crippen molar-refractivity contribution in [3.8, 4) is 0 Å². The van der Waals surface area contributed by atoms with E-state index in [1.54, 1.807) is 0 Å². The lowest BCUT2D eigenvalue weighted by Crippen LogP contribution is -2.18. The molecule has 0 heterocycles. The molecule has 16 heavy (non-hydrogen) atoms. The molecular weight excluding hydrogens is 229 g/mol. The number of non-ortho nitro benzene ring substituents is 1. The third-order valence-corrected chi connectivity index (χ3v) is 1.81. The predicted octanol–water partition coefficient (Wildman–Crippen LogP) is 2.96. The molecule has 0 aliphatic rings. The Kier molecular flexibility index (Phi) is 3.21. The van der Waals surface area contributed by atoms with E-state index in [4.69, 9.17) is 0 Å². The second-order valence-electron chi connectivity index (χ2n) is 2.90. The molecule has 1 atom stereocenters. The topological polar surface area (TPSA) is 72.6 Å². The van der Waals surface area contributed by atoms with Crippen LogP contribution in [0, 0.1) is 15.0 Å². The molecule has 0 radical (unpaired) electrons. The summed E-state index contributed by atoms with van der Waals surface area (Å²) in [7, 11) is 0. The van der Waals surface area contributed by atoms with Gasteiger partial charge in [-0.05, 0) is 5.56 Å². The summed E-state index contributed by atoms with van der Waals surface area (Å²) in [5, 5.41) is 12.3. The van der Waals surface area contributed by atoms with E-state index in [0.717, 1.165) is 18.2 Å². The highest BCUT2D eigenvalue weighted by molar-refractivity contribution is 5.36. The molecule has 1 unspecified atom stereocenters. The van der Waals surface area contributed by atoms with E-state index in [1.807, 2.05) is 5.18 Å². The van der Waals surface area contributed by atoms with Crippen molar-refractivity contribution in [2.75, 3.05) is 0 Å². The summed E-state index contributed by atoms with van der Waals surface area (Å²) < 4.78 is 36.8. The monoisotopic (exact) mass is 234 g/mol. The van der Waals surface area contributed by atoms with E-state index in [9.17, 15) is 28.2 Å². The minimum atomic E-state index is -4.85. The Balaban J connectivity index is 3.16. The Morgan fingerprint density at radius 1 is 1.38 bits per heavy atom. The van der Waals surface area contributed by atoms with Gasteiger partial charge in [-0.15, -0.1) is 4.91 Å². The Labute approximate surface area is 87.0 Å². The summed E-state index contributed by atoms with van der Waals surface area (Å²) in [4.78, 5) is 19.6. The highest BCUT2D eigenvalue weighted by Gasteiger charge is 2.42. The fourth-order valence-corrected chi connectivity index (χ4v) is 1.12. The number of hydrogen-bond donors (Lipinski definition) is 0. The number of alkyl halides is 3. The number of benzene rings is 1. The molecular formula is C8H5F3N2O3. The van der Waals surface area contributed by atoms with Gasteiger partial charge in [-0.25, -0.2) is 0 Å². The lowest BCUT2D eigenvalue weighted by atomic mass is 10.1. The van der Waals surface area contributed by atoms with E-state index in [0.29, 0.717) is 6.07 Å². The van der Waals surface area contributed by atoms with Crippen LogP contribution in [0.25, 0.3) is 0 Å². The van der Waals surface area contributed by atoms with Gasteiger partial charge in [-0.2, -0.15) is 13.2 Å². The second-order valence-corrected chi connectivity index (χ2v) is 2.90. The first kappa shape index (κ1) is 12.1. The van der Waals surface area contributed by atoms with Crippen LogP contribution in [0.2, 0.25) is 0 Å². The largest absolute Gasteiger partial charge is 0.418 e. The molecule has 1 aromatic rings. The van der Waals surface area contributed by atoms with E-state index in [2.05, 4.69) is 0 Å². The fourth-order valence-electron chi connectivity index (χ4n) is 1.12. The smallest absolute Gasteiger partial charge is 0.258 e. The molecule has 0 aliphatic heterocycles. The molecule has 0 saturated heterocycles. The highest BCUT2D eigenvalue weighted by Crippen LogP contribution is 2.36. The average Bonchev–Trinajstić information content (AvgIpc) is 2.17. The minimum absolute atomic E-state index is 0.518. The van der Waals surface area contributed by atoms with Crippen LogP contribution in [-0.4, -0.2) is 11.1 Å². The van der Waals surface area contributed by atoms with E-state index < -0.39 is 28.4 Å². The zero-order valence-electron chi connectivity index (χ0n) is 7.64. The summed E-state index contributed by atoms with van der Waals surface area (Å²) in [6.45, 7) is 0. The number of hydrogen-bond acceptors (Lipinski definition) is 4. The number of nitro benzene ring substituents is 1. The molecule has 0 bridgehead atoms. The van der Waals surface area contributed by atoms with Gasteiger partial charge in [0.1, 0.15) is 0 Å². The summed E-state index contributed by atoms with van der Waals surface area (Å²) in [5.74, 6) is 0. The molecule has 0 spiro atoms. The molecule has 0 fully saturated rings. The van der Waals surface area contributed by atoms with Crippen molar-refractivity contribution in [1.29, 1.82) is 0 Å². The van der Waals surface area contributed by atoms with Crippen LogP contribution in [0.4, 0.5) is 18.9 Å². The van der Waals surface area contributed by atoms with Gasteiger partial charge in [-0.1, -0.05) is 17.3 Å². The van der Waals surface area contributed by atoms with Crippen LogP contribution in [-0.2, 0) is 0 Å². The molecule has 0 amide bonds. The third kappa shape index (κ3) is 2.53. The molecule has 86 valence electrons. The SMILES string of the molecule is O=NC(c1cccc([N+](=O)[O-])c1)C(F)(F)F. The Bertz CT molecular complexity index is 419. The van der Waals surface area contributed by atoms with Crippen molar-refractivity contribution >= 4 is 5.69 Å². The second kappa shape index (κ2) is 4.25. The molecule has 0 aromatic heterocycles. The van der Waals surface area contributed by atoms with Gasteiger partial charge in [0.15, 0.2) is 0 Å². The van der Waals surface area contributed by atoms with Gasteiger partial charge in [0, 0.05) is 12.1 Å². The highest BCUT2D eigenvalue weighted by atomic mass is 19.4. The van der Waals surface area contributed by atoms with Crippen molar-refractivity contribution in [1.82, 2.24) is 0 Å². The van der Waals surface area contributed by atoms with Crippen LogP contribution < -0.4 is 0 Å². The fraction of sp³-hybridized carbons (Fsp3) is 0.250. The number of nitroso groups, excluding NO2 is 1. The quantitative estimate of drug-likeness (QED) is 0.458. The maximum atomic E-state index is 12.3. The maximum Gasteiger partial charge on any atom is 0.418 e. The zero-order valence-corrected chi connectivity index (χ0v) is 7.64. The molecule has 1 rings (SSSR count). The Morgan fingerprint density at radius 2 is 2.00 bits per heavy atom. The summed E-state index contributed by atoms with van der Waals surface area (Å²) >= 11 is 0. The maximum absolute atomic E-state index is 12.3. The standard InChI is InChI=1S/C8H5F3N2O3/c9-8(10,11)7(12-14)5-2-1-3-6(4-5)13(15)16/h1-4,7H. The van der Waals surface area contributed by atoms with Crippen molar-refractivity contribution in [3.05, 3.63) is 44.9 Å². The van der Waals surface area contributed by atoms with Gasteiger partial charge in [0.25, 0.3) is 5.69 Å². The normalized spacial score (nSPS) is 13.2. The first-order valence-electron chi connectivity index (χ1n) is 4.00. The first-order chi connectivity index (χ1) is 7.36. The molecule has 0 aliphatic carbocycles. The van der Waals surface area contributed by atoms with Crippen molar-refractivity contribution < 1.29 is 18.1 Å². The van der Waals surface area contributed by atoms with Crippen LogP contribution in [0.15, 0.2) is 29.4 Å². The van der Waals surface area contributed by atoms with Crippen LogP contribution in [0.5, 0.6) is 0 Å². The number of rotatable bonds is 3. The number of halogens is 3. The number of nitrogens with zero attached hydrogens (tertiary/aromatic N) is 2. The zero-order chi connectivity index (χ0) is 12.3. The summed E-state index contributed by atoms with van der Waals surface area (Å²) in [5.41, 5.74) is -1.06. The van der Waals surface area contributed by atoms with Crippen molar-refractivity contribution in [2.45, 2.75) is 12.2 Å². The lowest BCUT2D eigenvalue weighted by Gasteiger charge is -2.12. The predicted molar refractivity (Wildman–Crippen MR) is 47.7 cm³/mol. The van der Waals surface area contributed by atoms with E-state index in [-0.39, 0.29) is 0 Å². The summed E-state index contributed by atoms with van der Waals surface area (Å²) in [6.07, 6.45) is -4.85. The molecule has 5 nitrogen and oxygen atoms in total. The molecule has 0 saturated carbocycles. The third-order valence-electron chi connectivity index (χ3n) is 1.81. The molecule has 1 aromatic carbocycles. The first-order valence-corrected chi connectivity index (χ1v) is 4.00. The molecule has 0 N–H and O–H groups in total. The van der Waals surface area contributed by atoms with Gasteiger partial charge in [0.05, 0.1) is 4.92 Å². The lowest BCUT2D eigenvalue weighted by molar-refractivity contribution is -0.385. The van der Waals surface area contributed by atoms with Gasteiger partial charge in [0.2, 0.25) is 6.04 Å². The average molecular weight is 234 g/mol. The Morgan fingerprint density at radius 3 is 2.44 bits per heavy atom. The van der Waals surface area contributed by atoms with Crippen LogP contribution in [0.1, 0.15) is 11.6 Å². The van der Waals surface area contributed by atoms with Crippen molar-refractivity contribution in [2.24, 2.45) is 5.18 Å². The van der Waals surface area contributed by atoms with Gasteiger partial charge < -0.3 is 0 Å². The number of nitro groups is 1. The minimum Gasteiger partial charge on any atom is -0.258 e. The summed E-state index contributed by atoms with van der Waals surface area (Å²) in [6, 6.07) is 1.16. The van der Waals surface area contributed by atoms with Gasteiger partial charge in [-0.3, -0.25) is 10.1 Å². The van der Waals surface area contributed by atoms with Gasteiger partial charge >= 0.3 is 6.18 Å².